The molecule has 0 aliphatic heterocycles. The zero-order valence-corrected chi connectivity index (χ0v) is 10.8. The third kappa shape index (κ3) is 4.69. The second-order valence-electron chi connectivity index (χ2n) is 5.34. The molecule has 1 N–H and O–H groups in total. The molecule has 3 atom stereocenters. The molecule has 0 saturated heterocycles. The number of allylic oxidation sites excluding steroid dienone is 1. The van der Waals surface area contributed by atoms with Gasteiger partial charge in [0.2, 0.25) is 0 Å². The first-order valence-electron chi connectivity index (χ1n) is 7.06. The molecule has 16 heavy (non-hydrogen) atoms. The summed E-state index contributed by atoms with van der Waals surface area (Å²) in [6, 6.07) is 0. The fraction of sp³-hybridized carbons (Fsp3) is 0.867. The van der Waals surface area contributed by atoms with E-state index in [0.29, 0.717) is 5.92 Å². The van der Waals surface area contributed by atoms with E-state index < -0.39 is 0 Å². The summed E-state index contributed by atoms with van der Waals surface area (Å²) >= 11 is 0. The molecule has 1 heteroatoms. The monoisotopic (exact) mass is 224 g/mol. The summed E-state index contributed by atoms with van der Waals surface area (Å²) in [6.07, 6.45) is 12.9. The largest absolute Gasteiger partial charge is 0.393 e. The minimum Gasteiger partial charge on any atom is -0.393 e. The highest BCUT2D eigenvalue weighted by atomic mass is 16.3. The first-order chi connectivity index (χ1) is 7.77. The van der Waals surface area contributed by atoms with Gasteiger partial charge in [-0.15, -0.1) is 6.58 Å². The summed E-state index contributed by atoms with van der Waals surface area (Å²) in [5, 5.41) is 10.1. The summed E-state index contributed by atoms with van der Waals surface area (Å²) in [5.74, 6) is 1.49. The van der Waals surface area contributed by atoms with Gasteiger partial charge < -0.3 is 5.11 Å². The Balaban J connectivity index is 2.06. The molecule has 1 nitrogen and oxygen atoms in total. The van der Waals surface area contributed by atoms with Crippen molar-refractivity contribution in [2.75, 3.05) is 0 Å². The lowest BCUT2D eigenvalue weighted by atomic mass is 9.94. The van der Waals surface area contributed by atoms with Gasteiger partial charge in [-0.1, -0.05) is 38.7 Å². The molecule has 1 saturated carbocycles. The lowest BCUT2D eigenvalue weighted by Gasteiger charge is -2.18. The molecule has 1 aliphatic rings. The van der Waals surface area contributed by atoms with Gasteiger partial charge in [0.15, 0.2) is 0 Å². The van der Waals surface area contributed by atoms with Gasteiger partial charge in [-0.05, 0) is 43.9 Å². The van der Waals surface area contributed by atoms with Crippen LogP contribution in [-0.2, 0) is 0 Å². The summed E-state index contributed by atoms with van der Waals surface area (Å²) in [5.41, 5.74) is 0. The third-order valence-electron chi connectivity index (χ3n) is 4.11. The van der Waals surface area contributed by atoms with Crippen LogP contribution in [0.4, 0.5) is 0 Å². The summed E-state index contributed by atoms with van der Waals surface area (Å²) in [6.45, 7) is 6.00. The predicted octanol–water partition coefficient (Wildman–Crippen LogP) is 4.31. The van der Waals surface area contributed by atoms with Crippen LogP contribution in [0.2, 0.25) is 0 Å². The molecule has 94 valence electrons. The summed E-state index contributed by atoms with van der Waals surface area (Å²) in [7, 11) is 0. The molecule has 0 heterocycles. The third-order valence-corrected chi connectivity index (χ3v) is 4.11. The molecular formula is C15H28O. The minimum atomic E-state index is -0.0275. The normalized spacial score (nSPS) is 26.9. The Morgan fingerprint density at radius 2 is 2.12 bits per heavy atom. The Bertz CT molecular complexity index is 188. The molecule has 0 aromatic rings. The Morgan fingerprint density at radius 3 is 2.75 bits per heavy atom. The van der Waals surface area contributed by atoms with Crippen LogP contribution in [0.25, 0.3) is 0 Å². The highest BCUT2D eigenvalue weighted by Crippen LogP contribution is 2.36. The Morgan fingerprint density at radius 1 is 1.31 bits per heavy atom. The highest BCUT2D eigenvalue weighted by molar-refractivity contribution is 4.79. The second kappa shape index (κ2) is 7.89. The van der Waals surface area contributed by atoms with E-state index >= 15 is 0 Å². The van der Waals surface area contributed by atoms with Crippen molar-refractivity contribution in [2.24, 2.45) is 11.8 Å². The predicted molar refractivity (Wildman–Crippen MR) is 70.4 cm³/mol. The maximum Gasteiger partial charge on any atom is 0.0568 e. The van der Waals surface area contributed by atoms with Gasteiger partial charge in [0, 0.05) is 0 Å². The lowest BCUT2D eigenvalue weighted by molar-refractivity contribution is 0.0967. The summed E-state index contributed by atoms with van der Waals surface area (Å²) in [4.78, 5) is 0. The van der Waals surface area contributed by atoms with Gasteiger partial charge >= 0.3 is 0 Å². The molecule has 3 unspecified atom stereocenters. The molecule has 1 aliphatic carbocycles. The number of hydrogen-bond donors (Lipinski definition) is 1. The van der Waals surface area contributed by atoms with E-state index in [4.69, 9.17) is 0 Å². The topological polar surface area (TPSA) is 20.2 Å². The molecule has 0 spiro atoms. The zero-order chi connectivity index (χ0) is 11.8. The number of rotatable bonds is 8. The van der Waals surface area contributed by atoms with Gasteiger partial charge in [-0.3, -0.25) is 0 Å². The Hall–Kier alpha value is -0.300. The van der Waals surface area contributed by atoms with E-state index in [2.05, 4.69) is 13.5 Å². The first kappa shape index (κ1) is 13.8. The fourth-order valence-corrected chi connectivity index (χ4v) is 2.89. The fourth-order valence-electron chi connectivity index (χ4n) is 2.89. The van der Waals surface area contributed by atoms with Crippen LogP contribution in [0.3, 0.4) is 0 Å². The Kier molecular flexibility index (Phi) is 6.79. The molecule has 0 aromatic carbocycles. The highest BCUT2D eigenvalue weighted by Gasteiger charge is 2.28. The van der Waals surface area contributed by atoms with Gasteiger partial charge in [0.1, 0.15) is 0 Å². The van der Waals surface area contributed by atoms with Crippen LogP contribution < -0.4 is 0 Å². The zero-order valence-electron chi connectivity index (χ0n) is 10.8. The average molecular weight is 224 g/mol. The van der Waals surface area contributed by atoms with Crippen molar-refractivity contribution in [3.8, 4) is 0 Å². The van der Waals surface area contributed by atoms with Crippen molar-refractivity contribution in [3.05, 3.63) is 12.7 Å². The summed E-state index contributed by atoms with van der Waals surface area (Å²) < 4.78 is 0. The maximum absolute atomic E-state index is 10.1. The van der Waals surface area contributed by atoms with Gasteiger partial charge in [-0.25, -0.2) is 0 Å². The van der Waals surface area contributed by atoms with Crippen molar-refractivity contribution in [1.29, 1.82) is 0 Å². The smallest absolute Gasteiger partial charge is 0.0568 e. The SMILES string of the molecule is C=CCCCCCC(O)C1CCC(CC)C1. The van der Waals surface area contributed by atoms with E-state index in [-0.39, 0.29) is 6.10 Å². The molecule has 1 rings (SSSR count). The molecule has 0 bridgehead atoms. The first-order valence-corrected chi connectivity index (χ1v) is 7.06. The molecule has 0 amide bonds. The number of hydrogen-bond acceptors (Lipinski definition) is 1. The van der Waals surface area contributed by atoms with Crippen molar-refractivity contribution in [3.63, 3.8) is 0 Å². The number of aliphatic hydroxyl groups is 1. The van der Waals surface area contributed by atoms with Gasteiger partial charge in [-0.2, -0.15) is 0 Å². The van der Waals surface area contributed by atoms with E-state index in [9.17, 15) is 5.11 Å². The lowest BCUT2D eigenvalue weighted by Crippen LogP contribution is -2.17. The molecular weight excluding hydrogens is 196 g/mol. The second-order valence-corrected chi connectivity index (χ2v) is 5.34. The molecule has 0 aromatic heterocycles. The van der Waals surface area contributed by atoms with Crippen molar-refractivity contribution >= 4 is 0 Å². The van der Waals surface area contributed by atoms with Crippen molar-refractivity contribution in [1.82, 2.24) is 0 Å². The number of unbranched alkanes of at least 4 members (excludes halogenated alkanes) is 3. The molecule has 0 radical (unpaired) electrons. The van der Waals surface area contributed by atoms with E-state index in [1.165, 1.54) is 44.9 Å². The Labute approximate surface area is 101 Å². The number of aliphatic hydroxyl groups excluding tert-OH is 1. The average Bonchev–Trinajstić information content (AvgIpc) is 2.77. The van der Waals surface area contributed by atoms with E-state index in [0.717, 1.165) is 18.8 Å². The van der Waals surface area contributed by atoms with Gasteiger partial charge in [0.05, 0.1) is 6.10 Å². The van der Waals surface area contributed by atoms with Crippen molar-refractivity contribution < 1.29 is 5.11 Å². The minimum absolute atomic E-state index is 0.0275. The van der Waals surface area contributed by atoms with Crippen LogP contribution in [0.5, 0.6) is 0 Å². The van der Waals surface area contributed by atoms with Crippen molar-refractivity contribution in [2.45, 2.75) is 70.8 Å². The van der Waals surface area contributed by atoms with Crippen LogP contribution in [0, 0.1) is 11.8 Å². The standard InChI is InChI=1S/C15H28O/c1-3-5-6-7-8-9-15(16)14-11-10-13(4-2)12-14/h3,13-16H,1,4-12H2,2H3. The van der Waals surface area contributed by atoms with Crippen LogP contribution in [0.1, 0.15) is 64.7 Å². The van der Waals surface area contributed by atoms with E-state index in [1.807, 2.05) is 6.08 Å². The van der Waals surface area contributed by atoms with Gasteiger partial charge in [0.25, 0.3) is 0 Å². The van der Waals surface area contributed by atoms with Crippen LogP contribution >= 0.6 is 0 Å². The van der Waals surface area contributed by atoms with E-state index in [1.54, 1.807) is 0 Å². The maximum atomic E-state index is 10.1. The van der Waals surface area contributed by atoms with Crippen LogP contribution in [0.15, 0.2) is 12.7 Å². The quantitative estimate of drug-likeness (QED) is 0.481. The molecule has 1 fully saturated rings. The van der Waals surface area contributed by atoms with Crippen LogP contribution in [-0.4, -0.2) is 11.2 Å².